The topological polar surface area (TPSA) is 134 Å². The second-order valence-corrected chi connectivity index (χ2v) is 13.8. The molecule has 1 fully saturated rings. The van der Waals surface area contributed by atoms with Crippen LogP contribution < -0.4 is 20.9 Å². The molecule has 0 radical (unpaired) electrons. The second kappa shape index (κ2) is 14.6. The Balaban J connectivity index is 1.31. The molecule has 5 rings (SSSR count). The van der Waals surface area contributed by atoms with E-state index in [9.17, 15) is 32.3 Å². The van der Waals surface area contributed by atoms with Crippen LogP contribution in [0.1, 0.15) is 43.9 Å². The van der Waals surface area contributed by atoms with Gasteiger partial charge in [-0.25, -0.2) is 9.18 Å². The molecule has 0 bridgehead atoms. The number of halogens is 1. The molecule has 11 nitrogen and oxygen atoms in total. The predicted octanol–water partition coefficient (Wildman–Crippen LogP) is 3.23. The fourth-order valence-electron chi connectivity index (χ4n) is 5.65. The highest BCUT2D eigenvalue weighted by Gasteiger charge is 2.33. The van der Waals surface area contributed by atoms with Gasteiger partial charge in [0.25, 0.3) is 15.8 Å². The Morgan fingerprint density at radius 1 is 0.917 bits per heavy atom. The molecular weight excluding hydrogens is 637 g/mol. The molecule has 0 saturated carbocycles. The van der Waals surface area contributed by atoms with Crippen molar-refractivity contribution in [2.75, 3.05) is 31.1 Å². The standard InChI is InChI=1S/C35H38FN5O6S/c1-4-17-40-31-16-11-26(22-30(31)33(42)41(35(40)45)23-27-7-12-28(36)13-8-27)6-5-25-9-14-29(15-10-25)38-18-20-39(21-19-38)48(46,47)37-32(24(2)3)34(43)44/h7-16,22,24,32,37H,4,17-21,23H2,1-3H3,(H,43,44)/t32-/m1/s1. The van der Waals surface area contributed by atoms with E-state index in [2.05, 4.69) is 21.5 Å². The molecule has 13 heteroatoms. The van der Waals surface area contributed by atoms with Crippen LogP contribution in [0.3, 0.4) is 0 Å². The SMILES string of the molecule is CCCn1c(=O)n(Cc2ccc(F)cc2)c(=O)c2cc(C#Cc3ccc(N4CCN(S(=O)(=O)N[C@@H](C(=O)O)C(C)C)CC4)cc3)ccc21. The Morgan fingerprint density at radius 2 is 1.54 bits per heavy atom. The molecule has 0 aliphatic carbocycles. The van der Waals surface area contributed by atoms with E-state index in [4.69, 9.17) is 0 Å². The minimum Gasteiger partial charge on any atom is -0.480 e. The number of nitrogens with zero attached hydrogens (tertiary/aromatic N) is 4. The van der Waals surface area contributed by atoms with Crippen LogP contribution in [0.2, 0.25) is 0 Å². The van der Waals surface area contributed by atoms with Crippen LogP contribution in [0.15, 0.2) is 76.3 Å². The van der Waals surface area contributed by atoms with Gasteiger partial charge in [0.05, 0.1) is 17.4 Å². The van der Waals surface area contributed by atoms with Crippen LogP contribution >= 0.6 is 0 Å². The van der Waals surface area contributed by atoms with Crippen LogP contribution in [-0.2, 0) is 28.1 Å². The number of fused-ring (bicyclic) bond motifs is 1. The molecule has 1 aliphatic heterocycles. The van der Waals surface area contributed by atoms with Gasteiger partial charge in [-0.2, -0.15) is 17.4 Å². The molecule has 0 amide bonds. The minimum absolute atomic E-state index is 0.0188. The third kappa shape index (κ3) is 7.68. The molecule has 1 aromatic heterocycles. The molecular formula is C35H38FN5O6S. The summed E-state index contributed by atoms with van der Waals surface area (Å²) in [5, 5.41) is 9.74. The highest BCUT2D eigenvalue weighted by molar-refractivity contribution is 7.87. The van der Waals surface area contributed by atoms with Crippen molar-refractivity contribution in [3.05, 3.63) is 110 Å². The molecule has 4 aromatic rings. The Morgan fingerprint density at radius 3 is 2.15 bits per heavy atom. The van der Waals surface area contributed by atoms with Gasteiger partial charge in [-0.3, -0.25) is 18.7 Å². The zero-order valence-electron chi connectivity index (χ0n) is 27.0. The number of aliphatic carboxylic acids is 1. The number of nitrogens with one attached hydrogen (secondary N) is 1. The highest BCUT2D eigenvalue weighted by Crippen LogP contribution is 2.19. The van der Waals surface area contributed by atoms with E-state index >= 15 is 0 Å². The molecule has 2 heterocycles. The Hall–Kier alpha value is -4.77. The highest BCUT2D eigenvalue weighted by atomic mass is 32.2. The number of hydrogen-bond donors (Lipinski definition) is 2. The first-order chi connectivity index (χ1) is 22.9. The maximum Gasteiger partial charge on any atom is 0.331 e. The lowest BCUT2D eigenvalue weighted by Gasteiger charge is -2.36. The zero-order valence-corrected chi connectivity index (χ0v) is 27.8. The summed E-state index contributed by atoms with van der Waals surface area (Å²) in [4.78, 5) is 40.4. The molecule has 1 saturated heterocycles. The number of piperazine rings is 1. The summed E-state index contributed by atoms with van der Waals surface area (Å²) in [6.07, 6.45) is 0.693. The van der Waals surface area contributed by atoms with Crippen LogP contribution in [-0.4, -0.2) is 65.2 Å². The fourth-order valence-corrected chi connectivity index (χ4v) is 7.13. The molecule has 48 heavy (non-hydrogen) atoms. The van der Waals surface area contributed by atoms with Crippen LogP contribution in [0.4, 0.5) is 10.1 Å². The molecule has 2 N–H and O–H groups in total. The van der Waals surface area contributed by atoms with Gasteiger partial charge < -0.3 is 10.0 Å². The van der Waals surface area contributed by atoms with Crippen molar-refractivity contribution in [1.82, 2.24) is 18.2 Å². The summed E-state index contributed by atoms with van der Waals surface area (Å²) in [5.74, 6) is 4.22. The number of aromatic nitrogens is 2. The van der Waals surface area contributed by atoms with Gasteiger partial charge in [-0.05, 0) is 72.5 Å². The van der Waals surface area contributed by atoms with Gasteiger partial charge in [-0.15, -0.1) is 0 Å². The van der Waals surface area contributed by atoms with Gasteiger partial charge in [0.2, 0.25) is 0 Å². The van der Waals surface area contributed by atoms with Crippen molar-refractivity contribution in [3.63, 3.8) is 0 Å². The fraction of sp³-hybridized carbons (Fsp3) is 0.343. The number of hydrogen-bond acceptors (Lipinski definition) is 6. The van der Waals surface area contributed by atoms with Crippen molar-refractivity contribution >= 4 is 32.8 Å². The smallest absolute Gasteiger partial charge is 0.331 e. The predicted molar refractivity (Wildman–Crippen MR) is 183 cm³/mol. The largest absolute Gasteiger partial charge is 0.480 e. The minimum atomic E-state index is -3.95. The lowest BCUT2D eigenvalue weighted by atomic mass is 10.1. The number of aryl methyl sites for hydroxylation is 1. The van der Waals surface area contributed by atoms with Crippen LogP contribution in [0, 0.1) is 23.6 Å². The van der Waals surface area contributed by atoms with Crippen molar-refractivity contribution in [2.45, 2.75) is 46.3 Å². The number of carbonyl (C=O) groups is 1. The maximum atomic E-state index is 13.5. The van der Waals surface area contributed by atoms with E-state index in [1.807, 2.05) is 31.2 Å². The third-order valence-electron chi connectivity index (χ3n) is 8.30. The molecule has 0 spiro atoms. The number of benzene rings is 3. The van der Waals surface area contributed by atoms with Gasteiger partial charge in [0.1, 0.15) is 11.9 Å². The molecule has 1 aliphatic rings. The van der Waals surface area contributed by atoms with E-state index in [0.717, 1.165) is 11.3 Å². The quantitative estimate of drug-likeness (QED) is 0.247. The van der Waals surface area contributed by atoms with Gasteiger partial charge >= 0.3 is 11.7 Å². The van der Waals surface area contributed by atoms with Gasteiger partial charge in [0, 0.05) is 49.5 Å². The second-order valence-electron chi connectivity index (χ2n) is 12.0. The molecule has 0 unspecified atom stereocenters. The van der Waals surface area contributed by atoms with E-state index in [1.165, 1.54) is 21.0 Å². The van der Waals surface area contributed by atoms with Crippen molar-refractivity contribution in [3.8, 4) is 11.8 Å². The Kier molecular flexibility index (Phi) is 10.5. The van der Waals surface area contributed by atoms with Crippen molar-refractivity contribution in [2.24, 2.45) is 5.92 Å². The Bertz CT molecular complexity index is 2090. The van der Waals surface area contributed by atoms with E-state index in [0.29, 0.717) is 48.1 Å². The van der Waals surface area contributed by atoms with Crippen LogP contribution in [0.5, 0.6) is 0 Å². The number of carboxylic acids is 1. The van der Waals surface area contributed by atoms with E-state index in [-0.39, 0.29) is 19.6 Å². The average molecular weight is 676 g/mol. The van der Waals surface area contributed by atoms with Gasteiger partial charge in [-0.1, -0.05) is 44.7 Å². The summed E-state index contributed by atoms with van der Waals surface area (Å²) in [5.41, 5.74) is 2.55. The van der Waals surface area contributed by atoms with Crippen molar-refractivity contribution < 1.29 is 22.7 Å². The van der Waals surface area contributed by atoms with Gasteiger partial charge in [0.15, 0.2) is 0 Å². The molecule has 3 aromatic carbocycles. The first-order valence-electron chi connectivity index (χ1n) is 15.8. The number of carboxylic acid groups (broad SMARTS) is 1. The van der Waals surface area contributed by atoms with Crippen molar-refractivity contribution in [1.29, 1.82) is 0 Å². The molecule has 252 valence electrons. The maximum absolute atomic E-state index is 13.5. The normalized spacial score (nSPS) is 14.6. The summed E-state index contributed by atoms with van der Waals surface area (Å²) in [6, 6.07) is 17.2. The summed E-state index contributed by atoms with van der Waals surface area (Å²) in [6.45, 7) is 6.99. The van der Waals surface area contributed by atoms with E-state index in [1.54, 1.807) is 48.7 Å². The molecule has 1 atom stereocenters. The first-order valence-corrected chi connectivity index (χ1v) is 17.2. The third-order valence-corrected chi connectivity index (χ3v) is 9.89. The van der Waals surface area contributed by atoms with Crippen LogP contribution in [0.25, 0.3) is 10.9 Å². The Labute approximate surface area is 278 Å². The summed E-state index contributed by atoms with van der Waals surface area (Å²) >= 11 is 0. The monoisotopic (exact) mass is 675 g/mol. The number of rotatable bonds is 10. The van der Waals surface area contributed by atoms with E-state index < -0.39 is 45.2 Å². The number of anilines is 1. The zero-order chi connectivity index (χ0) is 34.6. The lowest BCUT2D eigenvalue weighted by Crippen LogP contribution is -2.55. The first kappa shape index (κ1) is 34.6. The summed E-state index contributed by atoms with van der Waals surface area (Å²) < 4.78 is 45.4. The lowest BCUT2D eigenvalue weighted by molar-refractivity contribution is -0.140. The average Bonchev–Trinajstić information content (AvgIpc) is 3.07. The summed E-state index contributed by atoms with van der Waals surface area (Å²) in [7, 11) is -3.95.